The van der Waals surface area contributed by atoms with Crippen molar-refractivity contribution >= 4 is 23.6 Å². The number of aliphatic imine (C=N–C) groups is 1. The van der Waals surface area contributed by atoms with Gasteiger partial charge in [-0.25, -0.2) is 0 Å². The van der Waals surface area contributed by atoms with Crippen LogP contribution in [0.3, 0.4) is 0 Å². The standard InChI is InChI=1S/C16H28N4OS/c1-17-15(18-10-13-3-7-22-8-4-13)20-6-2-5-16(12-20)9-14(21)19-11-16/h13H,2-12H2,1H3,(H,17,18)(H,19,21). The van der Waals surface area contributed by atoms with Gasteiger partial charge in [0.15, 0.2) is 5.96 Å². The molecule has 0 aromatic heterocycles. The van der Waals surface area contributed by atoms with Crippen LogP contribution in [-0.4, -0.2) is 61.5 Å². The van der Waals surface area contributed by atoms with Crippen LogP contribution in [0.4, 0.5) is 0 Å². The van der Waals surface area contributed by atoms with E-state index in [-0.39, 0.29) is 11.3 Å². The third kappa shape index (κ3) is 3.70. The van der Waals surface area contributed by atoms with E-state index < -0.39 is 0 Å². The lowest BCUT2D eigenvalue weighted by Crippen LogP contribution is -2.52. The largest absolute Gasteiger partial charge is 0.356 e. The molecule has 3 rings (SSSR count). The van der Waals surface area contributed by atoms with Gasteiger partial charge in [-0.15, -0.1) is 0 Å². The molecule has 6 heteroatoms. The molecule has 0 bridgehead atoms. The molecule has 0 aromatic rings. The zero-order valence-corrected chi connectivity index (χ0v) is 14.4. The topological polar surface area (TPSA) is 56.7 Å². The van der Waals surface area contributed by atoms with Crippen molar-refractivity contribution in [3.05, 3.63) is 0 Å². The van der Waals surface area contributed by atoms with Gasteiger partial charge in [0.25, 0.3) is 0 Å². The van der Waals surface area contributed by atoms with Crippen molar-refractivity contribution in [2.24, 2.45) is 16.3 Å². The van der Waals surface area contributed by atoms with E-state index in [1.165, 1.54) is 24.3 Å². The summed E-state index contributed by atoms with van der Waals surface area (Å²) in [6.07, 6.45) is 5.61. The van der Waals surface area contributed by atoms with Crippen LogP contribution in [0.15, 0.2) is 4.99 Å². The highest BCUT2D eigenvalue weighted by Gasteiger charge is 2.42. The molecule has 1 unspecified atom stereocenters. The third-order valence-electron chi connectivity index (χ3n) is 5.26. The molecule has 0 aliphatic carbocycles. The van der Waals surface area contributed by atoms with E-state index in [0.29, 0.717) is 6.42 Å². The molecule has 3 aliphatic heterocycles. The van der Waals surface area contributed by atoms with Crippen molar-refractivity contribution in [3.63, 3.8) is 0 Å². The molecule has 0 radical (unpaired) electrons. The van der Waals surface area contributed by atoms with Crippen molar-refractivity contribution in [3.8, 4) is 0 Å². The zero-order chi connectivity index (χ0) is 15.4. The van der Waals surface area contributed by atoms with Gasteiger partial charge in [0.1, 0.15) is 0 Å². The summed E-state index contributed by atoms with van der Waals surface area (Å²) in [4.78, 5) is 18.5. The van der Waals surface area contributed by atoms with Gasteiger partial charge in [0.2, 0.25) is 5.91 Å². The second kappa shape index (κ2) is 7.11. The van der Waals surface area contributed by atoms with Gasteiger partial charge in [-0.1, -0.05) is 0 Å². The van der Waals surface area contributed by atoms with Crippen molar-refractivity contribution in [1.29, 1.82) is 0 Å². The molecule has 124 valence electrons. The first-order chi connectivity index (χ1) is 10.7. The number of amides is 1. The molecular formula is C16H28N4OS. The molecule has 0 aromatic carbocycles. The van der Waals surface area contributed by atoms with E-state index in [4.69, 9.17) is 0 Å². The first kappa shape index (κ1) is 16.0. The van der Waals surface area contributed by atoms with E-state index in [9.17, 15) is 4.79 Å². The van der Waals surface area contributed by atoms with E-state index >= 15 is 0 Å². The number of likely N-dealkylation sites (tertiary alicyclic amines) is 1. The molecule has 22 heavy (non-hydrogen) atoms. The van der Waals surface area contributed by atoms with Crippen molar-refractivity contribution < 1.29 is 4.79 Å². The Hall–Kier alpha value is -0.910. The maximum Gasteiger partial charge on any atom is 0.220 e. The normalized spacial score (nSPS) is 30.7. The molecule has 5 nitrogen and oxygen atoms in total. The summed E-state index contributed by atoms with van der Waals surface area (Å²) >= 11 is 2.07. The van der Waals surface area contributed by atoms with Gasteiger partial charge in [-0.3, -0.25) is 9.79 Å². The number of rotatable bonds is 2. The quantitative estimate of drug-likeness (QED) is 0.594. The number of carbonyl (C=O) groups is 1. The van der Waals surface area contributed by atoms with Crippen LogP contribution < -0.4 is 10.6 Å². The predicted molar refractivity (Wildman–Crippen MR) is 92.3 cm³/mol. The highest BCUT2D eigenvalue weighted by atomic mass is 32.2. The van der Waals surface area contributed by atoms with Crippen LogP contribution in [-0.2, 0) is 4.79 Å². The van der Waals surface area contributed by atoms with Crippen LogP contribution in [0.5, 0.6) is 0 Å². The Morgan fingerprint density at radius 3 is 3.00 bits per heavy atom. The second-order valence-corrected chi connectivity index (χ2v) is 8.19. The highest BCUT2D eigenvalue weighted by molar-refractivity contribution is 7.99. The summed E-state index contributed by atoms with van der Waals surface area (Å²) in [7, 11) is 1.87. The van der Waals surface area contributed by atoms with Gasteiger partial charge in [-0.05, 0) is 43.1 Å². The van der Waals surface area contributed by atoms with E-state index in [2.05, 4.69) is 32.3 Å². The lowest BCUT2D eigenvalue weighted by molar-refractivity contribution is -0.119. The Bertz CT molecular complexity index is 436. The van der Waals surface area contributed by atoms with E-state index in [1.54, 1.807) is 0 Å². The Morgan fingerprint density at radius 2 is 2.32 bits per heavy atom. The van der Waals surface area contributed by atoms with Crippen molar-refractivity contribution in [1.82, 2.24) is 15.5 Å². The lowest BCUT2D eigenvalue weighted by atomic mass is 9.79. The highest BCUT2D eigenvalue weighted by Crippen LogP contribution is 2.36. The summed E-state index contributed by atoms with van der Waals surface area (Å²) in [6.45, 7) is 3.87. The van der Waals surface area contributed by atoms with Gasteiger partial charge in [0, 0.05) is 45.1 Å². The molecule has 2 N–H and O–H groups in total. The van der Waals surface area contributed by atoms with Gasteiger partial charge in [-0.2, -0.15) is 11.8 Å². The Morgan fingerprint density at radius 1 is 1.50 bits per heavy atom. The molecule has 3 fully saturated rings. The number of carbonyl (C=O) groups excluding carboxylic acids is 1. The van der Waals surface area contributed by atoms with Crippen LogP contribution in [0.25, 0.3) is 0 Å². The molecule has 1 amide bonds. The third-order valence-corrected chi connectivity index (χ3v) is 6.31. The summed E-state index contributed by atoms with van der Waals surface area (Å²) < 4.78 is 0. The van der Waals surface area contributed by atoms with Gasteiger partial charge < -0.3 is 15.5 Å². The molecular weight excluding hydrogens is 296 g/mol. The SMILES string of the molecule is CN=C(NCC1CCSCC1)N1CCCC2(CNC(=O)C2)C1. The molecule has 3 aliphatic rings. The van der Waals surface area contributed by atoms with Crippen LogP contribution in [0.1, 0.15) is 32.1 Å². The van der Waals surface area contributed by atoms with Crippen molar-refractivity contribution in [2.75, 3.05) is 44.7 Å². The fourth-order valence-corrected chi connectivity index (χ4v) is 5.15. The smallest absolute Gasteiger partial charge is 0.220 e. The molecule has 3 saturated heterocycles. The minimum Gasteiger partial charge on any atom is -0.356 e. The number of nitrogens with zero attached hydrogens (tertiary/aromatic N) is 2. The lowest BCUT2D eigenvalue weighted by Gasteiger charge is -2.41. The fraction of sp³-hybridized carbons (Fsp3) is 0.875. The number of nitrogens with one attached hydrogen (secondary N) is 2. The van der Waals surface area contributed by atoms with E-state index in [0.717, 1.165) is 50.9 Å². The Balaban J connectivity index is 1.55. The zero-order valence-electron chi connectivity index (χ0n) is 13.6. The summed E-state index contributed by atoms with van der Waals surface area (Å²) in [5.41, 5.74) is 0.133. The number of thioether (sulfide) groups is 1. The Kier molecular flexibility index (Phi) is 5.16. The number of hydrogen-bond acceptors (Lipinski definition) is 3. The monoisotopic (exact) mass is 324 g/mol. The average molecular weight is 324 g/mol. The number of piperidine rings is 1. The molecule has 1 spiro atoms. The first-order valence-corrected chi connectivity index (χ1v) is 9.66. The van der Waals surface area contributed by atoms with Crippen molar-refractivity contribution in [2.45, 2.75) is 32.1 Å². The minimum atomic E-state index is 0.133. The molecule has 3 heterocycles. The average Bonchev–Trinajstić information content (AvgIpc) is 2.89. The maximum atomic E-state index is 11.6. The van der Waals surface area contributed by atoms with Crippen LogP contribution in [0.2, 0.25) is 0 Å². The first-order valence-electron chi connectivity index (χ1n) is 8.51. The maximum absolute atomic E-state index is 11.6. The van der Waals surface area contributed by atoms with Crippen LogP contribution >= 0.6 is 11.8 Å². The fourth-order valence-electron chi connectivity index (χ4n) is 3.95. The van der Waals surface area contributed by atoms with Gasteiger partial charge in [0.05, 0.1) is 0 Å². The number of guanidine groups is 1. The molecule has 1 atom stereocenters. The second-order valence-electron chi connectivity index (χ2n) is 6.96. The summed E-state index contributed by atoms with van der Waals surface area (Å²) in [5.74, 6) is 4.62. The predicted octanol–water partition coefficient (Wildman–Crippen LogP) is 1.31. The summed E-state index contributed by atoms with van der Waals surface area (Å²) in [6, 6.07) is 0. The van der Waals surface area contributed by atoms with E-state index in [1.807, 2.05) is 7.05 Å². The molecule has 0 saturated carbocycles. The van der Waals surface area contributed by atoms with Gasteiger partial charge >= 0.3 is 0 Å². The summed E-state index contributed by atoms with van der Waals surface area (Å²) in [5, 5.41) is 6.60. The minimum absolute atomic E-state index is 0.133. The number of hydrogen-bond donors (Lipinski definition) is 2. The Labute approximate surface area is 137 Å². The van der Waals surface area contributed by atoms with Crippen LogP contribution in [0, 0.1) is 11.3 Å².